The van der Waals surface area contributed by atoms with Crippen molar-refractivity contribution in [3.63, 3.8) is 0 Å². The van der Waals surface area contributed by atoms with Gasteiger partial charge in [-0.3, -0.25) is 9.67 Å². The largest absolute Gasteiger partial charge is 0.464 e. The number of pyridine rings is 1. The Labute approximate surface area is 180 Å². The molecule has 154 valence electrons. The molecule has 0 fully saturated rings. The second-order valence-corrected chi connectivity index (χ2v) is 6.34. The Morgan fingerprint density at radius 3 is 2.66 bits per heavy atom. The van der Waals surface area contributed by atoms with E-state index < -0.39 is 0 Å². The van der Waals surface area contributed by atoms with Crippen molar-refractivity contribution in [1.82, 2.24) is 24.7 Å². The molecule has 0 atom stereocenters. The third-order valence-corrected chi connectivity index (χ3v) is 4.68. The summed E-state index contributed by atoms with van der Waals surface area (Å²) >= 11 is 0. The molecule has 0 aliphatic heterocycles. The van der Waals surface area contributed by atoms with Crippen LogP contribution in [0.4, 0.5) is 0 Å². The molecule has 0 saturated carbocycles. The van der Waals surface area contributed by atoms with E-state index in [1.807, 2.05) is 18.3 Å². The third-order valence-electron chi connectivity index (χ3n) is 4.68. The van der Waals surface area contributed by atoms with E-state index in [4.69, 9.17) is 20.6 Å². The fraction of sp³-hybridized carbons (Fsp3) is 0.316. The zero-order valence-corrected chi connectivity index (χ0v) is 17.5. The number of hydrogen-bond donors (Lipinski definition) is 1. The maximum atomic E-state index is 12.4. The first-order chi connectivity index (χ1) is 13.2. The van der Waals surface area contributed by atoms with Crippen molar-refractivity contribution in [3.8, 4) is 22.8 Å². The van der Waals surface area contributed by atoms with Gasteiger partial charge in [0.2, 0.25) is 0 Å². The van der Waals surface area contributed by atoms with Crippen LogP contribution in [0.5, 0.6) is 0 Å². The van der Waals surface area contributed by atoms with Crippen LogP contribution in [0.25, 0.3) is 22.8 Å². The van der Waals surface area contributed by atoms with Gasteiger partial charge in [-0.05, 0) is 43.5 Å². The fourth-order valence-electron chi connectivity index (χ4n) is 3.35. The van der Waals surface area contributed by atoms with E-state index in [1.54, 1.807) is 17.1 Å². The van der Waals surface area contributed by atoms with E-state index in [9.17, 15) is 4.79 Å². The van der Waals surface area contributed by atoms with E-state index in [0.29, 0.717) is 31.0 Å². The molecule has 8 nitrogen and oxygen atoms in total. The normalized spacial score (nSPS) is 11.5. The average molecular weight is 437 g/mol. The van der Waals surface area contributed by atoms with Crippen molar-refractivity contribution in [2.75, 3.05) is 13.7 Å². The number of hydrogen-bond acceptors (Lipinski definition) is 7. The smallest absolute Gasteiger partial charge is 0.356 e. The van der Waals surface area contributed by atoms with Gasteiger partial charge in [0.05, 0.1) is 12.8 Å². The number of carbonyl (C=O) groups is 1. The van der Waals surface area contributed by atoms with Crippen molar-refractivity contribution in [2.45, 2.75) is 25.8 Å². The molecule has 10 heteroatoms. The van der Waals surface area contributed by atoms with Gasteiger partial charge in [0.25, 0.3) is 0 Å². The lowest BCUT2D eigenvalue weighted by atomic mass is 9.93. The van der Waals surface area contributed by atoms with Crippen molar-refractivity contribution in [1.29, 1.82) is 0 Å². The molecule has 0 saturated heterocycles. The minimum absolute atomic E-state index is 0. The zero-order valence-electron chi connectivity index (χ0n) is 15.9. The monoisotopic (exact) mass is 436 g/mol. The Hall–Kier alpha value is -2.55. The number of esters is 1. The second kappa shape index (κ2) is 9.78. The van der Waals surface area contributed by atoms with Crippen LogP contribution in [-0.2, 0) is 24.1 Å². The van der Waals surface area contributed by atoms with Crippen LogP contribution in [0.1, 0.15) is 28.0 Å². The van der Waals surface area contributed by atoms with Crippen LogP contribution in [-0.4, -0.2) is 44.4 Å². The lowest BCUT2D eigenvalue weighted by molar-refractivity contribution is 0.0585. The zero-order chi connectivity index (χ0) is 18.8. The number of carbonyl (C=O) groups excluding carboxylic acids is 1. The summed E-state index contributed by atoms with van der Waals surface area (Å²) in [6.07, 6.45) is 7.45. The van der Waals surface area contributed by atoms with Gasteiger partial charge in [-0.2, -0.15) is 5.10 Å². The molecule has 2 N–H and O–H groups in total. The summed E-state index contributed by atoms with van der Waals surface area (Å²) in [5, 5.41) is 4.69. The highest BCUT2D eigenvalue weighted by Crippen LogP contribution is 2.34. The number of nitrogens with two attached hydrogens (primary N) is 1. The van der Waals surface area contributed by atoms with Gasteiger partial charge in [0.1, 0.15) is 11.4 Å². The minimum Gasteiger partial charge on any atom is -0.464 e. The first-order valence-corrected chi connectivity index (χ1v) is 8.87. The summed E-state index contributed by atoms with van der Waals surface area (Å²) in [5.74, 6) is 0.229. The number of aryl methyl sites for hydroxylation is 2. The van der Waals surface area contributed by atoms with Crippen LogP contribution in [0.3, 0.4) is 0 Å². The van der Waals surface area contributed by atoms with E-state index >= 15 is 0 Å². The third kappa shape index (κ3) is 4.24. The first-order valence-electron chi connectivity index (χ1n) is 8.87. The van der Waals surface area contributed by atoms with Crippen LogP contribution < -0.4 is 5.73 Å². The van der Waals surface area contributed by atoms with E-state index in [1.165, 1.54) is 7.11 Å². The molecular formula is C19H22Cl2N6O2. The quantitative estimate of drug-likeness (QED) is 0.611. The molecule has 4 rings (SSSR count). The number of ether oxygens (including phenoxy) is 1. The maximum absolute atomic E-state index is 12.4. The Kier molecular flexibility index (Phi) is 7.66. The second-order valence-electron chi connectivity index (χ2n) is 6.34. The van der Waals surface area contributed by atoms with Gasteiger partial charge in [-0.15, -0.1) is 24.8 Å². The summed E-state index contributed by atoms with van der Waals surface area (Å²) in [6, 6.07) is 3.73. The summed E-state index contributed by atoms with van der Waals surface area (Å²) in [7, 11) is 1.38. The number of rotatable bonds is 5. The predicted molar refractivity (Wildman–Crippen MR) is 113 cm³/mol. The van der Waals surface area contributed by atoms with Gasteiger partial charge in [-0.1, -0.05) is 0 Å². The highest BCUT2D eigenvalue weighted by molar-refractivity contribution is 5.92. The molecule has 0 bridgehead atoms. The Bertz CT molecular complexity index is 994. The first kappa shape index (κ1) is 22.7. The number of halogens is 2. The SMILES string of the molecule is COC(=O)c1c2c(nn1CCCN)-c1nc(-c3ccncc3)ncc1CC2.Cl.Cl. The molecule has 29 heavy (non-hydrogen) atoms. The molecule has 1 aliphatic carbocycles. The minimum atomic E-state index is -0.382. The molecule has 3 aromatic rings. The maximum Gasteiger partial charge on any atom is 0.356 e. The van der Waals surface area contributed by atoms with E-state index in [0.717, 1.165) is 40.9 Å². The van der Waals surface area contributed by atoms with Gasteiger partial charge in [0.15, 0.2) is 5.82 Å². The van der Waals surface area contributed by atoms with Crippen molar-refractivity contribution in [3.05, 3.63) is 47.5 Å². The number of nitrogens with zero attached hydrogens (tertiary/aromatic N) is 5. The lowest BCUT2D eigenvalue weighted by Gasteiger charge is -2.15. The summed E-state index contributed by atoms with van der Waals surface area (Å²) in [4.78, 5) is 25.6. The van der Waals surface area contributed by atoms with Gasteiger partial charge in [0, 0.05) is 36.3 Å². The van der Waals surface area contributed by atoms with Gasteiger partial charge >= 0.3 is 5.97 Å². The average Bonchev–Trinajstić information content (AvgIpc) is 3.10. The Morgan fingerprint density at radius 1 is 1.21 bits per heavy atom. The molecule has 3 aromatic heterocycles. The summed E-state index contributed by atoms with van der Waals surface area (Å²) < 4.78 is 6.69. The predicted octanol–water partition coefficient (Wildman–Crippen LogP) is 2.48. The lowest BCUT2D eigenvalue weighted by Crippen LogP contribution is -2.16. The number of methoxy groups -OCH3 is 1. The standard InChI is InChI=1S/C19H20N6O2.2ClH/c1-27-19(26)17-14-4-3-13-11-22-18(12-5-8-21-9-6-12)23-15(13)16(14)24-25(17)10-2-7-20;;/h5-6,8-9,11H,2-4,7,10,20H2,1H3;2*1H. The molecule has 0 spiro atoms. The Morgan fingerprint density at radius 2 is 1.97 bits per heavy atom. The molecule has 0 radical (unpaired) electrons. The van der Waals surface area contributed by atoms with Crippen LogP contribution in [0, 0.1) is 0 Å². The Balaban J connectivity index is 0.00000150. The summed E-state index contributed by atoms with van der Waals surface area (Å²) in [6.45, 7) is 1.08. The van der Waals surface area contributed by atoms with E-state index in [-0.39, 0.29) is 30.8 Å². The topological polar surface area (TPSA) is 109 Å². The van der Waals surface area contributed by atoms with Crippen LogP contribution in [0.15, 0.2) is 30.7 Å². The molecule has 3 heterocycles. The van der Waals surface area contributed by atoms with Gasteiger partial charge in [-0.25, -0.2) is 14.8 Å². The van der Waals surface area contributed by atoms with Crippen molar-refractivity contribution >= 4 is 30.8 Å². The summed E-state index contributed by atoms with van der Waals surface area (Å²) in [5.41, 5.74) is 10.4. The van der Waals surface area contributed by atoms with Crippen LogP contribution in [0.2, 0.25) is 0 Å². The fourth-order valence-corrected chi connectivity index (χ4v) is 3.35. The molecule has 0 unspecified atom stereocenters. The van der Waals surface area contributed by atoms with E-state index in [2.05, 4.69) is 9.97 Å². The van der Waals surface area contributed by atoms with Crippen molar-refractivity contribution in [2.24, 2.45) is 5.73 Å². The number of fused-ring (bicyclic) bond motifs is 3. The highest BCUT2D eigenvalue weighted by Gasteiger charge is 2.30. The highest BCUT2D eigenvalue weighted by atomic mass is 35.5. The number of aromatic nitrogens is 5. The molecular weight excluding hydrogens is 415 g/mol. The van der Waals surface area contributed by atoms with Crippen molar-refractivity contribution < 1.29 is 9.53 Å². The molecule has 0 amide bonds. The molecule has 0 aromatic carbocycles. The van der Waals surface area contributed by atoms with Crippen LogP contribution >= 0.6 is 24.8 Å². The molecule has 1 aliphatic rings. The van der Waals surface area contributed by atoms with Gasteiger partial charge < -0.3 is 10.5 Å².